The molecule has 1 heterocycles. The van der Waals surface area contributed by atoms with Gasteiger partial charge in [-0.2, -0.15) is 0 Å². The van der Waals surface area contributed by atoms with E-state index in [1.54, 1.807) is 5.57 Å². The number of carbonyl (C=O) groups excluding carboxylic acids is 1. The first-order valence-corrected chi connectivity index (χ1v) is 14.7. The van der Waals surface area contributed by atoms with Gasteiger partial charge in [0.1, 0.15) is 0 Å². The van der Waals surface area contributed by atoms with Crippen molar-refractivity contribution in [2.24, 2.45) is 40.4 Å². The van der Waals surface area contributed by atoms with E-state index in [1.807, 2.05) is 36.5 Å². The van der Waals surface area contributed by atoms with Gasteiger partial charge in [0.05, 0.1) is 6.10 Å². The number of hydrogen-bond donors (Lipinski definition) is 1. The molecule has 198 valence electrons. The minimum absolute atomic E-state index is 0.121. The van der Waals surface area contributed by atoms with Crippen LogP contribution in [-0.2, 0) is 11.2 Å². The molecule has 5 rings (SSSR count). The molecule has 1 N–H and O–H groups in total. The van der Waals surface area contributed by atoms with Crippen molar-refractivity contribution in [1.82, 2.24) is 9.88 Å². The Balaban J connectivity index is 1.18. The maximum absolute atomic E-state index is 12.9. The van der Waals surface area contributed by atoms with Gasteiger partial charge in [0.25, 0.3) is 0 Å². The minimum atomic E-state index is -0.121. The van der Waals surface area contributed by atoms with Gasteiger partial charge in [0, 0.05) is 32.4 Å². The number of hydrogen-bond acceptors (Lipinski definition) is 3. The van der Waals surface area contributed by atoms with Crippen LogP contribution in [0.1, 0.15) is 90.5 Å². The van der Waals surface area contributed by atoms with Crippen molar-refractivity contribution >= 4 is 5.91 Å². The van der Waals surface area contributed by atoms with E-state index >= 15 is 0 Å². The van der Waals surface area contributed by atoms with Gasteiger partial charge >= 0.3 is 0 Å². The maximum atomic E-state index is 12.9. The number of likely N-dealkylation sites (N-methyl/N-ethyl adjacent to an activating group) is 1. The van der Waals surface area contributed by atoms with Gasteiger partial charge in [-0.15, -0.1) is 0 Å². The van der Waals surface area contributed by atoms with Crippen molar-refractivity contribution in [3.63, 3.8) is 0 Å². The molecule has 4 heteroatoms. The highest BCUT2D eigenvalue weighted by atomic mass is 16.3. The Morgan fingerprint density at radius 3 is 2.69 bits per heavy atom. The Kier molecular flexibility index (Phi) is 7.38. The summed E-state index contributed by atoms with van der Waals surface area (Å²) in [7, 11) is 1.96. The fourth-order valence-corrected chi connectivity index (χ4v) is 9.33. The fourth-order valence-electron chi connectivity index (χ4n) is 9.33. The Morgan fingerprint density at radius 2 is 1.92 bits per heavy atom. The van der Waals surface area contributed by atoms with Gasteiger partial charge in [-0.3, -0.25) is 9.78 Å². The van der Waals surface area contributed by atoms with Crippen LogP contribution in [0.5, 0.6) is 0 Å². The van der Waals surface area contributed by atoms with Crippen molar-refractivity contribution in [1.29, 1.82) is 0 Å². The molecule has 1 unspecified atom stereocenters. The van der Waals surface area contributed by atoms with E-state index in [-0.39, 0.29) is 12.0 Å². The molecule has 0 spiro atoms. The van der Waals surface area contributed by atoms with Gasteiger partial charge in [0.15, 0.2) is 0 Å². The Bertz CT molecular complexity index is 960. The molecule has 8 atom stereocenters. The van der Waals surface area contributed by atoms with Crippen LogP contribution < -0.4 is 0 Å². The van der Waals surface area contributed by atoms with Crippen LogP contribution >= 0.6 is 0 Å². The average Bonchev–Trinajstić information content (AvgIpc) is 3.24. The van der Waals surface area contributed by atoms with E-state index in [9.17, 15) is 9.90 Å². The summed E-state index contributed by atoms with van der Waals surface area (Å²) in [5, 5.41) is 10.3. The SMILES string of the molecule is CC(CCC(=O)N(C)CCc1ccncc1)[C@H]1CC[C@H]2[C@@H]3CC=C4C[C@@H](O)CC[C@]4(C)[C@H]3CC[C@]12C. The molecule has 0 aromatic carbocycles. The lowest BCUT2D eigenvalue weighted by atomic mass is 9.47. The first kappa shape index (κ1) is 25.9. The first-order chi connectivity index (χ1) is 17.2. The van der Waals surface area contributed by atoms with Gasteiger partial charge in [-0.1, -0.05) is 32.4 Å². The van der Waals surface area contributed by atoms with Crippen LogP contribution in [0.2, 0.25) is 0 Å². The highest BCUT2D eigenvalue weighted by Crippen LogP contribution is 2.67. The van der Waals surface area contributed by atoms with Crippen molar-refractivity contribution in [3.05, 3.63) is 41.7 Å². The van der Waals surface area contributed by atoms with Gasteiger partial charge in [0.2, 0.25) is 5.91 Å². The predicted octanol–water partition coefficient (Wildman–Crippen LogP) is 6.44. The van der Waals surface area contributed by atoms with Gasteiger partial charge < -0.3 is 10.0 Å². The summed E-state index contributed by atoms with van der Waals surface area (Å²) in [4.78, 5) is 18.9. The third-order valence-corrected chi connectivity index (χ3v) is 11.6. The second-order valence-electron chi connectivity index (χ2n) is 13.3. The molecule has 4 aliphatic carbocycles. The van der Waals surface area contributed by atoms with E-state index in [0.29, 0.717) is 23.2 Å². The highest BCUT2D eigenvalue weighted by Gasteiger charge is 2.59. The van der Waals surface area contributed by atoms with E-state index in [2.05, 4.69) is 31.8 Å². The summed E-state index contributed by atoms with van der Waals surface area (Å²) in [6.45, 7) is 8.33. The van der Waals surface area contributed by atoms with Crippen molar-refractivity contribution < 1.29 is 9.90 Å². The Hall–Kier alpha value is -1.68. The third kappa shape index (κ3) is 4.68. The summed E-state index contributed by atoms with van der Waals surface area (Å²) >= 11 is 0. The number of aromatic nitrogens is 1. The summed E-state index contributed by atoms with van der Waals surface area (Å²) in [5.74, 6) is 4.06. The fraction of sp³-hybridized carbons (Fsp3) is 0.750. The van der Waals surface area contributed by atoms with Gasteiger partial charge in [-0.25, -0.2) is 0 Å². The lowest BCUT2D eigenvalue weighted by molar-refractivity contribution is -0.130. The number of allylic oxidation sites excluding steroid dienone is 1. The summed E-state index contributed by atoms with van der Waals surface area (Å²) in [5.41, 5.74) is 3.55. The molecule has 3 fully saturated rings. The quantitative estimate of drug-likeness (QED) is 0.446. The summed E-state index contributed by atoms with van der Waals surface area (Å²) in [6, 6.07) is 4.07. The van der Waals surface area contributed by atoms with Crippen molar-refractivity contribution in [2.45, 2.75) is 97.5 Å². The van der Waals surface area contributed by atoms with E-state index in [0.717, 1.165) is 55.9 Å². The standard InChI is InChI=1S/C32H48N2O2/c1-22(5-10-30(36)34(4)20-15-23-13-18-33-19-14-23)27-8-9-28-26-7-6-24-21-25(35)11-16-31(24,2)29(26)12-17-32(27,28)3/h6,13-14,18-19,22,25-29,35H,5,7-12,15-17,20-21H2,1-4H3/t22?,25-,26-,27+,28-,29-,31-,32+/m0/s1. The molecule has 4 nitrogen and oxygen atoms in total. The van der Waals surface area contributed by atoms with Crippen molar-refractivity contribution in [2.75, 3.05) is 13.6 Å². The number of carbonyl (C=O) groups is 1. The molecule has 36 heavy (non-hydrogen) atoms. The molecule has 0 aliphatic heterocycles. The number of amides is 1. The van der Waals surface area contributed by atoms with Crippen LogP contribution in [0.3, 0.4) is 0 Å². The van der Waals surface area contributed by atoms with Gasteiger partial charge in [-0.05, 0) is 122 Å². The molecule has 0 radical (unpaired) electrons. The number of rotatable bonds is 7. The topological polar surface area (TPSA) is 53.4 Å². The molecule has 1 aromatic heterocycles. The lowest BCUT2D eigenvalue weighted by Gasteiger charge is -2.58. The van der Waals surface area contributed by atoms with Crippen LogP contribution in [0, 0.1) is 40.4 Å². The molecule has 0 saturated heterocycles. The molecule has 4 aliphatic rings. The molecule has 1 aromatic rings. The summed E-state index contributed by atoms with van der Waals surface area (Å²) in [6.07, 6.45) is 18.3. The Morgan fingerprint density at radius 1 is 1.14 bits per heavy atom. The Labute approximate surface area is 219 Å². The highest BCUT2D eigenvalue weighted by molar-refractivity contribution is 5.75. The number of nitrogens with zero attached hydrogens (tertiary/aromatic N) is 2. The molecular weight excluding hydrogens is 444 g/mol. The third-order valence-electron chi connectivity index (χ3n) is 11.6. The van der Waals surface area contributed by atoms with E-state index in [1.165, 1.54) is 44.1 Å². The molecular formula is C32H48N2O2. The molecule has 0 bridgehead atoms. The molecule has 1 amide bonds. The number of aliphatic hydroxyl groups is 1. The largest absolute Gasteiger partial charge is 0.393 e. The predicted molar refractivity (Wildman–Crippen MR) is 145 cm³/mol. The number of fused-ring (bicyclic) bond motifs is 5. The number of aliphatic hydroxyl groups excluding tert-OH is 1. The smallest absolute Gasteiger partial charge is 0.222 e. The zero-order chi connectivity index (χ0) is 25.5. The number of pyridine rings is 1. The van der Waals surface area contributed by atoms with Crippen LogP contribution in [0.4, 0.5) is 0 Å². The van der Waals surface area contributed by atoms with Crippen LogP contribution in [-0.4, -0.2) is 40.6 Å². The second kappa shape index (κ2) is 10.2. The minimum Gasteiger partial charge on any atom is -0.393 e. The van der Waals surface area contributed by atoms with E-state index < -0.39 is 0 Å². The van der Waals surface area contributed by atoms with E-state index in [4.69, 9.17) is 0 Å². The molecule has 3 saturated carbocycles. The second-order valence-corrected chi connectivity index (χ2v) is 13.3. The van der Waals surface area contributed by atoms with Crippen molar-refractivity contribution in [3.8, 4) is 0 Å². The normalized spacial score (nSPS) is 38.4. The average molecular weight is 493 g/mol. The zero-order valence-corrected chi connectivity index (χ0v) is 23.1. The lowest BCUT2D eigenvalue weighted by Crippen LogP contribution is -2.50. The van der Waals surface area contributed by atoms with Crippen LogP contribution in [0.15, 0.2) is 36.2 Å². The first-order valence-electron chi connectivity index (χ1n) is 14.7. The maximum Gasteiger partial charge on any atom is 0.222 e. The zero-order valence-electron chi connectivity index (χ0n) is 23.1. The summed E-state index contributed by atoms with van der Waals surface area (Å²) < 4.78 is 0. The monoisotopic (exact) mass is 492 g/mol. The van der Waals surface area contributed by atoms with Crippen LogP contribution in [0.25, 0.3) is 0 Å².